The lowest BCUT2D eigenvalue weighted by atomic mass is 10.2. The average Bonchev–Trinajstić information content (AvgIpc) is 2.46. The molecule has 1 aliphatic heterocycles. The van der Waals surface area contributed by atoms with Crippen LogP contribution in [0.3, 0.4) is 0 Å². The number of carbonyl (C=O) groups is 2. The molecule has 1 aromatic carbocycles. The Morgan fingerprint density at radius 3 is 2.60 bits per heavy atom. The van der Waals surface area contributed by atoms with E-state index in [2.05, 4.69) is 4.90 Å². The monoisotopic (exact) mass is 278 g/mol. The molecule has 0 spiro atoms. The number of carbonyl (C=O) groups excluding carboxylic acids is 1. The quantitative estimate of drug-likeness (QED) is 0.870. The largest absolute Gasteiger partial charge is 0.484 e. The lowest BCUT2D eigenvalue weighted by molar-refractivity contribution is -0.134. The standard InChI is InChI=1S/C14H18N2O4/c1-15-5-7-16(8-6-15)13(17)10-20-12-4-2-3-11(9-12)14(18)19/h2-4,9H,5-8,10H2,1H3,(H,18,19). The van der Waals surface area contributed by atoms with Gasteiger partial charge in [0.2, 0.25) is 0 Å². The highest BCUT2D eigenvalue weighted by Crippen LogP contribution is 2.13. The molecule has 1 heterocycles. The average molecular weight is 278 g/mol. The summed E-state index contributed by atoms with van der Waals surface area (Å²) in [5.74, 6) is -0.688. The molecule has 6 heteroatoms. The second-order valence-corrected chi connectivity index (χ2v) is 4.81. The SMILES string of the molecule is CN1CCN(C(=O)COc2cccc(C(=O)O)c2)CC1. The van der Waals surface area contributed by atoms with E-state index in [0.717, 1.165) is 13.1 Å². The summed E-state index contributed by atoms with van der Waals surface area (Å²) >= 11 is 0. The molecule has 0 saturated carbocycles. The van der Waals surface area contributed by atoms with Crippen molar-refractivity contribution in [2.24, 2.45) is 0 Å². The smallest absolute Gasteiger partial charge is 0.335 e. The number of carboxylic acids is 1. The molecule has 6 nitrogen and oxygen atoms in total. The summed E-state index contributed by atoms with van der Waals surface area (Å²) in [5, 5.41) is 8.88. The van der Waals surface area contributed by atoms with Gasteiger partial charge in [0, 0.05) is 26.2 Å². The molecule has 108 valence electrons. The second kappa shape index (κ2) is 6.38. The van der Waals surface area contributed by atoms with Crippen molar-refractivity contribution in [2.45, 2.75) is 0 Å². The first-order valence-corrected chi connectivity index (χ1v) is 6.49. The maximum Gasteiger partial charge on any atom is 0.335 e. The van der Waals surface area contributed by atoms with Crippen LogP contribution in [-0.2, 0) is 4.79 Å². The summed E-state index contributed by atoms with van der Waals surface area (Å²) in [6.07, 6.45) is 0. The topological polar surface area (TPSA) is 70.1 Å². The van der Waals surface area contributed by atoms with Crippen molar-refractivity contribution in [2.75, 3.05) is 39.8 Å². The van der Waals surface area contributed by atoms with Crippen molar-refractivity contribution in [3.63, 3.8) is 0 Å². The number of likely N-dealkylation sites (N-methyl/N-ethyl adjacent to an activating group) is 1. The Hall–Kier alpha value is -2.08. The van der Waals surface area contributed by atoms with Gasteiger partial charge in [-0.2, -0.15) is 0 Å². The van der Waals surface area contributed by atoms with Crippen LogP contribution in [0.5, 0.6) is 5.75 Å². The molecule has 0 radical (unpaired) electrons. The van der Waals surface area contributed by atoms with Crippen LogP contribution in [-0.4, -0.2) is 66.6 Å². The number of rotatable bonds is 4. The predicted molar refractivity (Wildman–Crippen MR) is 73.0 cm³/mol. The molecule has 0 bridgehead atoms. The number of amides is 1. The van der Waals surface area contributed by atoms with Gasteiger partial charge in [0.05, 0.1) is 5.56 Å². The minimum Gasteiger partial charge on any atom is -0.484 e. The molecule has 0 atom stereocenters. The number of hydrogen-bond acceptors (Lipinski definition) is 4. The van der Waals surface area contributed by atoms with Crippen molar-refractivity contribution in [1.82, 2.24) is 9.80 Å². The van der Waals surface area contributed by atoms with E-state index in [4.69, 9.17) is 9.84 Å². The summed E-state index contributed by atoms with van der Waals surface area (Å²) in [6.45, 7) is 3.06. The van der Waals surface area contributed by atoms with Crippen LogP contribution in [0.15, 0.2) is 24.3 Å². The Morgan fingerprint density at radius 1 is 1.25 bits per heavy atom. The molecule has 1 N–H and O–H groups in total. The van der Waals surface area contributed by atoms with Crippen LogP contribution < -0.4 is 4.74 Å². The minimum absolute atomic E-state index is 0.0627. The minimum atomic E-state index is -1.01. The van der Waals surface area contributed by atoms with Crippen LogP contribution in [0.4, 0.5) is 0 Å². The molecule has 20 heavy (non-hydrogen) atoms. The van der Waals surface area contributed by atoms with Gasteiger partial charge in [0.25, 0.3) is 5.91 Å². The van der Waals surface area contributed by atoms with E-state index in [-0.39, 0.29) is 18.1 Å². The first-order chi connectivity index (χ1) is 9.56. The fourth-order valence-electron chi connectivity index (χ4n) is 2.01. The maximum absolute atomic E-state index is 12.0. The summed E-state index contributed by atoms with van der Waals surface area (Å²) in [7, 11) is 2.02. The van der Waals surface area contributed by atoms with Gasteiger partial charge in [-0.1, -0.05) is 6.07 Å². The van der Waals surface area contributed by atoms with Gasteiger partial charge >= 0.3 is 5.97 Å². The summed E-state index contributed by atoms with van der Waals surface area (Å²) in [4.78, 5) is 26.7. The predicted octanol–water partition coefficient (Wildman–Crippen LogP) is 0.538. The maximum atomic E-state index is 12.0. The Kier molecular flexibility index (Phi) is 4.57. The van der Waals surface area contributed by atoms with Gasteiger partial charge in [-0.05, 0) is 25.2 Å². The van der Waals surface area contributed by atoms with Crippen LogP contribution >= 0.6 is 0 Å². The lowest BCUT2D eigenvalue weighted by Gasteiger charge is -2.32. The third-order valence-corrected chi connectivity index (χ3v) is 3.30. The van der Waals surface area contributed by atoms with E-state index in [9.17, 15) is 9.59 Å². The molecule has 0 aromatic heterocycles. The number of piperazine rings is 1. The van der Waals surface area contributed by atoms with E-state index in [1.807, 2.05) is 7.05 Å². The van der Waals surface area contributed by atoms with Gasteiger partial charge < -0.3 is 19.6 Å². The van der Waals surface area contributed by atoms with Gasteiger partial charge in [-0.15, -0.1) is 0 Å². The van der Waals surface area contributed by atoms with E-state index in [1.54, 1.807) is 17.0 Å². The number of nitrogens with zero attached hydrogens (tertiary/aromatic N) is 2. The number of ether oxygens (including phenoxy) is 1. The van der Waals surface area contributed by atoms with E-state index in [1.165, 1.54) is 12.1 Å². The highest BCUT2D eigenvalue weighted by molar-refractivity contribution is 5.88. The summed E-state index contributed by atoms with van der Waals surface area (Å²) in [5.41, 5.74) is 0.148. The van der Waals surface area contributed by atoms with E-state index in [0.29, 0.717) is 18.8 Å². The zero-order chi connectivity index (χ0) is 14.5. The molecule has 1 saturated heterocycles. The number of carboxylic acid groups (broad SMARTS) is 1. The van der Waals surface area contributed by atoms with Crippen molar-refractivity contribution in [3.8, 4) is 5.75 Å². The molecule has 1 aromatic rings. The zero-order valence-corrected chi connectivity index (χ0v) is 11.4. The third-order valence-electron chi connectivity index (χ3n) is 3.30. The summed E-state index contributed by atoms with van der Waals surface area (Å²) in [6, 6.07) is 6.14. The highest BCUT2D eigenvalue weighted by Gasteiger charge is 2.19. The molecular weight excluding hydrogens is 260 g/mol. The molecule has 1 amide bonds. The normalized spacial score (nSPS) is 15.9. The molecule has 0 aliphatic carbocycles. The van der Waals surface area contributed by atoms with Crippen LogP contribution in [0.2, 0.25) is 0 Å². The molecule has 2 rings (SSSR count). The van der Waals surface area contributed by atoms with Crippen LogP contribution in [0.25, 0.3) is 0 Å². The van der Waals surface area contributed by atoms with Crippen molar-refractivity contribution < 1.29 is 19.4 Å². The van der Waals surface area contributed by atoms with Gasteiger partial charge in [0.1, 0.15) is 5.75 Å². The Morgan fingerprint density at radius 2 is 1.95 bits per heavy atom. The molecule has 1 aliphatic rings. The van der Waals surface area contributed by atoms with Crippen LogP contribution in [0, 0.1) is 0 Å². The molecule has 0 unspecified atom stereocenters. The first-order valence-electron chi connectivity index (χ1n) is 6.49. The van der Waals surface area contributed by atoms with Crippen molar-refractivity contribution >= 4 is 11.9 Å². The second-order valence-electron chi connectivity index (χ2n) is 4.81. The Balaban J connectivity index is 1.87. The van der Waals surface area contributed by atoms with Crippen LogP contribution in [0.1, 0.15) is 10.4 Å². The fourth-order valence-corrected chi connectivity index (χ4v) is 2.01. The zero-order valence-electron chi connectivity index (χ0n) is 11.4. The van der Waals surface area contributed by atoms with E-state index >= 15 is 0 Å². The molecular formula is C14H18N2O4. The molecule has 1 fully saturated rings. The van der Waals surface area contributed by atoms with Gasteiger partial charge in [-0.25, -0.2) is 4.79 Å². The lowest BCUT2D eigenvalue weighted by Crippen LogP contribution is -2.48. The fraction of sp³-hybridized carbons (Fsp3) is 0.429. The third kappa shape index (κ3) is 3.71. The number of benzene rings is 1. The Bertz CT molecular complexity index is 496. The van der Waals surface area contributed by atoms with E-state index < -0.39 is 5.97 Å². The first kappa shape index (κ1) is 14.3. The summed E-state index contributed by atoms with van der Waals surface area (Å²) < 4.78 is 5.37. The van der Waals surface area contributed by atoms with Gasteiger partial charge in [-0.3, -0.25) is 4.79 Å². The van der Waals surface area contributed by atoms with Crippen molar-refractivity contribution in [3.05, 3.63) is 29.8 Å². The van der Waals surface area contributed by atoms with Crippen molar-refractivity contribution in [1.29, 1.82) is 0 Å². The van der Waals surface area contributed by atoms with Gasteiger partial charge in [0.15, 0.2) is 6.61 Å². The number of aromatic carboxylic acids is 1. The number of hydrogen-bond donors (Lipinski definition) is 1. The highest BCUT2D eigenvalue weighted by atomic mass is 16.5. The Labute approximate surface area is 117 Å².